The van der Waals surface area contributed by atoms with Crippen molar-refractivity contribution in [2.24, 2.45) is 0 Å². The average molecular weight is 819 g/mol. The van der Waals surface area contributed by atoms with Crippen LogP contribution in [0.2, 0.25) is 0 Å². The van der Waals surface area contributed by atoms with Gasteiger partial charge in [0.05, 0.1) is 22.1 Å². The summed E-state index contributed by atoms with van der Waals surface area (Å²) < 4.78 is 7.46. The van der Waals surface area contributed by atoms with Gasteiger partial charge in [0, 0.05) is 58.7 Å². The minimum Gasteiger partial charge on any atom is -0.309 e. The molecule has 0 aliphatic heterocycles. The summed E-state index contributed by atoms with van der Waals surface area (Å²) in [6.45, 7) is 0. The highest BCUT2D eigenvalue weighted by molar-refractivity contribution is 7.26. The summed E-state index contributed by atoms with van der Waals surface area (Å²) >= 11 is 1.89. The number of fused-ring (bicyclic) bond motifs is 9. The highest BCUT2D eigenvalue weighted by Gasteiger charge is 2.20. The summed E-state index contributed by atoms with van der Waals surface area (Å²) in [5.41, 5.74) is 16.9. The van der Waals surface area contributed by atoms with E-state index < -0.39 is 0 Å². The van der Waals surface area contributed by atoms with Crippen LogP contribution in [0.3, 0.4) is 0 Å². The number of nitrogens with zero attached hydrogens (tertiary/aromatic N) is 2. The third-order valence-corrected chi connectivity index (χ3v) is 14.1. The maximum absolute atomic E-state index is 2.48. The zero-order chi connectivity index (χ0) is 41.4. The van der Waals surface area contributed by atoms with E-state index in [1.165, 1.54) is 114 Å². The molecule has 2 nitrogen and oxygen atoms in total. The third-order valence-electron chi connectivity index (χ3n) is 12.9. The normalized spacial score (nSPS) is 11.8. The summed E-state index contributed by atoms with van der Waals surface area (Å²) in [5.74, 6) is 0. The quantitative estimate of drug-likeness (QED) is 0.158. The van der Waals surface area contributed by atoms with E-state index in [9.17, 15) is 0 Å². The average Bonchev–Trinajstić information content (AvgIpc) is 4.01. The smallest absolute Gasteiger partial charge is 0.0541 e. The Bertz CT molecular complexity index is 3870. The number of benzene rings is 10. The molecule has 0 spiro atoms. The van der Waals surface area contributed by atoms with Crippen molar-refractivity contribution in [1.29, 1.82) is 0 Å². The van der Waals surface area contributed by atoms with Crippen molar-refractivity contribution in [3.05, 3.63) is 231 Å². The molecule has 0 saturated carbocycles. The molecular weight excluding hydrogens is 781 g/mol. The van der Waals surface area contributed by atoms with E-state index in [4.69, 9.17) is 0 Å². The molecule has 294 valence electrons. The maximum atomic E-state index is 2.48. The van der Waals surface area contributed by atoms with Gasteiger partial charge in [-0.15, -0.1) is 11.3 Å². The zero-order valence-corrected chi connectivity index (χ0v) is 35.1. The van der Waals surface area contributed by atoms with Crippen LogP contribution in [0.25, 0.3) is 120 Å². The Hall–Kier alpha value is -7.98. The Balaban J connectivity index is 1.01. The highest BCUT2D eigenvalue weighted by atomic mass is 32.1. The van der Waals surface area contributed by atoms with E-state index in [1.807, 2.05) is 11.3 Å². The molecule has 63 heavy (non-hydrogen) atoms. The van der Waals surface area contributed by atoms with Gasteiger partial charge in [0.25, 0.3) is 0 Å². The van der Waals surface area contributed by atoms with Gasteiger partial charge in [-0.2, -0.15) is 0 Å². The van der Waals surface area contributed by atoms with E-state index >= 15 is 0 Å². The molecule has 0 aliphatic carbocycles. The van der Waals surface area contributed by atoms with E-state index in [0.717, 1.165) is 5.69 Å². The third kappa shape index (κ3) is 5.78. The van der Waals surface area contributed by atoms with Gasteiger partial charge in [-0.3, -0.25) is 0 Å². The largest absolute Gasteiger partial charge is 0.309 e. The van der Waals surface area contributed by atoms with Crippen LogP contribution in [0.15, 0.2) is 231 Å². The Morgan fingerprint density at radius 1 is 0.254 bits per heavy atom. The number of hydrogen-bond acceptors (Lipinski definition) is 1. The first kappa shape index (κ1) is 35.7. The topological polar surface area (TPSA) is 9.86 Å². The summed E-state index contributed by atoms with van der Waals surface area (Å²) in [7, 11) is 0. The molecule has 0 unspecified atom stereocenters. The van der Waals surface area contributed by atoms with Gasteiger partial charge in [0.1, 0.15) is 0 Å². The Kier molecular flexibility index (Phi) is 8.12. The summed E-state index contributed by atoms with van der Waals surface area (Å²) in [6.07, 6.45) is 0. The van der Waals surface area contributed by atoms with Gasteiger partial charge in [0.2, 0.25) is 0 Å². The number of aromatic nitrogens is 2. The fourth-order valence-electron chi connectivity index (χ4n) is 9.93. The van der Waals surface area contributed by atoms with Gasteiger partial charge in [-0.1, -0.05) is 158 Å². The lowest BCUT2D eigenvalue weighted by atomic mass is 9.97. The highest BCUT2D eigenvalue weighted by Crippen LogP contribution is 2.45. The second-order valence-corrected chi connectivity index (χ2v) is 17.5. The van der Waals surface area contributed by atoms with E-state index in [2.05, 4.69) is 240 Å². The van der Waals surface area contributed by atoms with Crippen molar-refractivity contribution in [2.45, 2.75) is 0 Å². The SMILES string of the molecule is c1ccc(-c2ccc(-c3cc(-n4c5ccccc5c5cc(-c6ccc7c(c6)c6ccccc6n7-c6ccccc6)ccc54)cc4c3sc3ccc(-c5ccccc5)cc34)cc2)cc1. The lowest BCUT2D eigenvalue weighted by Gasteiger charge is -2.13. The van der Waals surface area contributed by atoms with Gasteiger partial charge in [0.15, 0.2) is 0 Å². The predicted octanol–water partition coefficient (Wildman–Crippen LogP) is 16.9. The molecule has 13 rings (SSSR count). The first-order valence-electron chi connectivity index (χ1n) is 21.6. The fraction of sp³-hybridized carbons (Fsp3) is 0. The second-order valence-electron chi connectivity index (χ2n) is 16.5. The molecule has 3 heterocycles. The van der Waals surface area contributed by atoms with E-state index in [0.29, 0.717) is 0 Å². The van der Waals surface area contributed by atoms with Crippen molar-refractivity contribution < 1.29 is 0 Å². The van der Waals surface area contributed by atoms with Crippen molar-refractivity contribution in [3.63, 3.8) is 0 Å². The monoisotopic (exact) mass is 818 g/mol. The van der Waals surface area contributed by atoms with Crippen molar-refractivity contribution in [1.82, 2.24) is 9.13 Å². The molecule has 10 aromatic carbocycles. The zero-order valence-electron chi connectivity index (χ0n) is 34.2. The fourth-order valence-corrected chi connectivity index (χ4v) is 11.1. The molecular formula is C60H38N2S. The van der Waals surface area contributed by atoms with Gasteiger partial charge in [-0.25, -0.2) is 0 Å². The standard InChI is InChI=1S/C60H38N2S/c1-4-14-39(15-5-1)41-24-26-42(27-25-41)50-37-47(38-54-53-36-43(40-16-6-2-7-17-40)30-33-59(53)63-60(50)54)62-56-23-13-11-21-49(56)52-35-45(29-32-58(52)62)44-28-31-57-51(34-44)48-20-10-12-22-55(48)61(57)46-18-8-3-9-19-46/h1-38H. The molecule has 0 atom stereocenters. The Morgan fingerprint density at radius 2 is 0.683 bits per heavy atom. The number of hydrogen-bond donors (Lipinski definition) is 0. The first-order chi connectivity index (χ1) is 31.2. The molecule has 3 heteroatoms. The van der Waals surface area contributed by atoms with Crippen LogP contribution in [0, 0.1) is 0 Å². The molecule has 0 amide bonds. The first-order valence-corrected chi connectivity index (χ1v) is 22.4. The van der Waals surface area contributed by atoms with Crippen LogP contribution >= 0.6 is 11.3 Å². The lowest BCUT2D eigenvalue weighted by Crippen LogP contribution is -1.95. The number of thiophene rings is 1. The van der Waals surface area contributed by atoms with Crippen LogP contribution in [0.1, 0.15) is 0 Å². The molecule has 0 aliphatic rings. The van der Waals surface area contributed by atoms with E-state index in [-0.39, 0.29) is 0 Å². The number of rotatable bonds is 6. The minimum absolute atomic E-state index is 1.16. The van der Waals surface area contributed by atoms with Crippen LogP contribution in [0.4, 0.5) is 0 Å². The summed E-state index contributed by atoms with van der Waals surface area (Å²) in [5, 5.41) is 7.56. The Morgan fingerprint density at radius 3 is 1.30 bits per heavy atom. The summed E-state index contributed by atoms with van der Waals surface area (Å²) in [6, 6.07) is 84.7. The minimum atomic E-state index is 1.16. The van der Waals surface area contributed by atoms with Crippen molar-refractivity contribution >= 4 is 75.1 Å². The van der Waals surface area contributed by atoms with Gasteiger partial charge in [-0.05, 0) is 112 Å². The van der Waals surface area contributed by atoms with Gasteiger partial charge < -0.3 is 9.13 Å². The molecule has 0 radical (unpaired) electrons. The second kappa shape index (κ2) is 14.3. The lowest BCUT2D eigenvalue weighted by molar-refractivity contribution is 1.18. The van der Waals surface area contributed by atoms with Crippen LogP contribution in [-0.4, -0.2) is 9.13 Å². The van der Waals surface area contributed by atoms with Crippen LogP contribution in [0.5, 0.6) is 0 Å². The maximum Gasteiger partial charge on any atom is 0.0541 e. The summed E-state index contributed by atoms with van der Waals surface area (Å²) in [4.78, 5) is 0. The molecule has 13 aromatic rings. The molecule has 0 N–H and O–H groups in total. The van der Waals surface area contributed by atoms with E-state index in [1.54, 1.807) is 0 Å². The number of para-hydroxylation sites is 3. The molecule has 0 saturated heterocycles. The van der Waals surface area contributed by atoms with Crippen molar-refractivity contribution in [3.8, 4) is 55.9 Å². The predicted molar refractivity (Wildman–Crippen MR) is 270 cm³/mol. The van der Waals surface area contributed by atoms with Crippen LogP contribution < -0.4 is 0 Å². The van der Waals surface area contributed by atoms with Crippen molar-refractivity contribution in [2.75, 3.05) is 0 Å². The molecule has 3 aromatic heterocycles. The van der Waals surface area contributed by atoms with Crippen LogP contribution in [-0.2, 0) is 0 Å². The van der Waals surface area contributed by atoms with Gasteiger partial charge >= 0.3 is 0 Å². The Labute approximate surface area is 368 Å². The molecule has 0 fully saturated rings. The molecule has 0 bridgehead atoms.